The topological polar surface area (TPSA) is 51.5 Å². The number of halogens is 1. The minimum absolute atomic E-state index is 0.146. The van der Waals surface area contributed by atoms with Crippen LogP contribution in [0.2, 0.25) is 5.02 Å². The molecule has 29 heavy (non-hydrogen) atoms. The Balaban J connectivity index is 1.98. The first-order chi connectivity index (χ1) is 13.9. The van der Waals surface area contributed by atoms with Gasteiger partial charge in [0, 0.05) is 43.0 Å². The van der Waals surface area contributed by atoms with Gasteiger partial charge in [-0.25, -0.2) is 0 Å². The minimum atomic E-state index is -0.226. The van der Waals surface area contributed by atoms with E-state index in [-0.39, 0.29) is 29.5 Å². The summed E-state index contributed by atoms with van der Waals surface area (Å²) in [5.74, 6) is -0.175. The molecule has 156 valence electrons. The number of aryl methyl sites for hydroxylation is 2. The number of hydrogen-bond donors (Lipinski definition) is 0. The molecule has 0 unspecified atom stereocenters. The lowest BCUT2D eigenvalue weighted by Crippen LogP contribution is -2.44. The number of benzene rings is 1. The van der Waals surface area contributed by atoms with E-state index in [0.29, 0.717) is 23.8 Å². The van der Waals surface area contributed by atoms with Gasteiger partial charge in [0.2, 0.25) is 0 Å². The van der Waals surface area contributed by atoms with Gasteiger partial charge in [0.15, 0.2) is 5.43 Å². The van der Waals surface area contributed by atoms with Crippen molar-refractivity contribution in [3.05, 3.63) is 68.1 Å². The van der Waals surface area contributed by atoms with Gasteiger partial charge in [-0.05, 0) is 57.2 Å². The minimum Gasteiger partial charge on any atom is -0.378 e. The van der Waals surface area contributed by atoms with Crippen molar-refractivity contribution < 1.29 is 9.53 Å². The molecular formula is C23H29ClN2O3. The number of pyridine rings is 1. The summed E-state index contributed by atoms with van der Waals surface area (Å²) in [6, 6.07) is 9.46. The number of hydrogen-bond acceptors (Lipinski definition) is 3. The number of ether oxygens (including phenoxy) is 1. The van der Waals surface area contributed by atoms with E-state index < -0.39 is 0 Å². The van der Waals surface area contributed by atoms with Crippen LogP contribution >= 0.6 is 11.6 Å². The highest BCUT2D eigenvalue weighted by molar-refractivity contribution is 6.30. The van der Waals surface area contributed by atoms with Gasteiger partial charge in [-0.15, -0.1) is 0 Å². The van der Waals surface area contributed by atoms with Crippen LogP contribution in [0, 0.1) is 6.92 Å². The van der Waals surface area contributed by atoms with Crippen molar-refractivity contribution in [1.29, 1.82) is 0 Å². The van der Waals surface area contributed by atoms with Crippen LogP contribution in [0.3, 0.4) is 0 Å². The van der Waals surface area contributed by atoms with Gasteiger partial charge in [0.05, 0.1) is 12.3 Å². The molecule has 1 atom stereocenters. The maximum atomic E-state index is 13.3. The fraction of sp³-hybridized carbons (Fsp3) is 0.478. The Morgan fingerprint density at radius 3 is 2.76 bits per heavy atom. The number of amides is 1. The number of likely N-dealkylation sites (tertiary alicyclic amines) is 1. The zero-order valence-corrected chi connectivity index (χ0v) is 18.2. The second-order valence-electron chi connectivity index (χ2n) is 7.78. The van der Waals surface area contributed by atoms with Gasteiger partial charge < -0.3 is 14.2 Å². The van der Waals surface area contributed by atoms with Crippen molar-refractivity contribution in [1.82, 2.24) is 9.47 Å². The average Bonchev–Trinajstić information content (AvgIpc) is 2.68. The van der Waals surface area contributed by atoms with Crippen LogP contribution in [0.5, 0.6) is 0 Å². The van der Waals surface area contributed by atoms with Gasteiger partial charge >= 0.3 is 0 Å². The van der Waals surface area contributed by atoms with Crippen LogP contribution < -0.4 is 5.43 Å². The number of aromatic nitrogens is 1. The van der Waals surface area contributed by atoms with Crippen LogP contribution in [0.15, 0.2) is 35.1 Å². The Bertz CT molecular complexity index is 938. The van der Waals surface area contributed by atoms with E-state index in [1.54, 1.807) is 13.2 Å². The van der Waals surface area contributed by atoms with E-state index in [1.165, 1.54) is 0 Å². The Morgan fingerprint density at radius 1 is 1.28 bits per heavy atom. The largest absolute Gasteiger partial charge is 0.378 e. The fourth-order valence-corrected chi connectivity index (χ4v) is 4.35. The van der Waals surface area contributed by atoms with E-state index in [2.05, 4.69) is 6.92 Å². The molecule has 0 aliphatic carbocycles. The van der Waals surface area contributed by atoms with Crippen molar-refractivity contribution in [3.63, 3.8) is 0 Å². The number of methoxy groups -OCH3 is 1. The molecule has 1 fully saturated rings. The molecule has 5 nitrogen and oxygen atoms in total. The lowest BCUT2D eigenvalue weighted by atomic mass is 10.0. The van der Waals surface area contributed by atoms with E-state index >= 15 is 0 Å². The van der Waals surface area contributed by atoms with Gasteiger partial charge in [0.25, 0.3) is 5.91 Å². The SMILES string of the molecule is COCc1c(C(=O)N2CCCC[C@@H]2C)c(=O)cc(C)n1CCc1cccc(Cl)c1. The van der Waals surface area contributed by atoms with Gasteiger partial charge in [-0.3, -0.25) is 9.59 Å². The van der Waals surface area contributed by atoms with Crippen LogP contribution in [0.1, 0.15) is 53.5 Å². The molecule has 0 spiro atoms. The molecule has 3 rings (SSSR count). The van der Waals surface area contributed by atoms with Gasteiger partial charge in [-0.2, -0.15) is 0 Å². The Hall–Kier alpha value is -2.11. The van der Waals surface area contributed by atoms with E-state index in [9.17, 15) is 9.59 Å². The van der Waals surface area contributed by atoms with Crippen molar-refractivity contribution >= 4 is 17.5 Å². The van der Waals surface area contributed by atoms with Gasteiger partial charge in [0.1, 0.15) is 5.56 Å². The number of nitrogens with zero attached hydrogens (tertiary/aromatic N) is 2. The number of piperidine rings is 1. The smallest absolute Gasteiger partial charge is 0.259 e. The zero-order chi connectivity index (χ0) is 21.0. The third kappa shape index (κ3) is 4.90. The Labute approximate surface area is 177 Å². The van der Waals surface area contributed by atoms with Crippen LogP contribution in [-0.4, -0.2) is 35.1 Å². The molecule has 2 aromatic rings. The molecule has 1 aliphatic heterocycles. The lowest BCUT2D eigenvalue weighted by molar-refractivity contribution is 0.0627. The summed E-state index contributed by atoms with van der Waals surface area (Å²) < 4.78 is 7.44. The van der Waals surface area contributed by atoms with Crippen LogP contribution in [0.4, 0.5) is 0 Å². The third-order valence-electron chi connectivity index (χ3n) is 5.70. The van der Waals surface area contributed by atoms with Gasteiger partial charge in [-0.1, -0.05) is 23.7 Å². The molecule has 0 saturated carbocycles. The molecule has 1 aromatic heterocycles. The summed E-state index contributed by atoms with van der Waals surface area (Å²) >= 11 is 6.11. The molecule has 1 aliphatic rings. The van der Waals surface area contributed by atoms with Crippen molar-refractivity contribution in [2.75, 3.05) is 13.7 Å². The highest BCUT2D eigenvalue weighted by Gasteiger charge is 2.29. The normalized spacial score (nSPS) is 16.8. The van der Waals surface area contributed by atoms with Crippen molar-refractivity contribution in [2.24, 2.45) is 0 Å². The molecule has 1 aromatic carbocycles. The first-order valence-electron chi connectivity index (χ1n) is 10.2. The lowest BCUT2D eigenvalue weighted by Gasteiger charge is -2.34. The molecule has 2 heterocycles. The molecule has 0 bridgehead atoms. The molecule has 1 amide bonds. The summed E-state index contributed by atoms with van der Waals surface area (Å²) in [7, 11) is 1.59. The monoisotopic (exact) mass is 416 g/mol. The first kappa shape index (κ1) is 21.6. The van der Waals surface area contributed by atoms with E-state index in [1.807, 2.05) is 40.7 Å². The summed E-state index contributed by atoms with van der Waals surface area (Å²) in [6.45, 7) is 5.51. The summed E-state index contributed by atoms with van der Waals surface area (Å²) in [4.78, 5) is 28.1. The second kappa shape index (κ2) is 9.59. The summed E-state index contributed by atoms with van der Waals surface area (Å²) in [6.07, 6.45) is 3.81. The molecular weight excluding hydrogens is 388 g/mol. The van der Waals surface area contributed by atoms with Crippen molar-refractivity contribution in [2.45, 2.75) is 58.7 Å². The fourth-order valence-electron chi connectivity index (χ4n) is 4.13. The number of carbonyl (C=O) groups excluding carboxylic acids is 1. The quantitative estimate of drug-likeness (QED) is 0.708. The molecule has 1 saturated heterocycles. The Kier molecular flexibility index (Phi) is 7.14. The Morgan fingerprint density at radius 2 is 2.07 bits per heavy atom. The number of carbonyl (C=O) groups is 1. The maximum Gasteiger partial charge on any atom is 0.259 e. The average molecular weight is 417 g/mol. The predicted molar refractivity (Wildman–Crippen MR) is 116 cm³/mol. The highest BCUT2D eigenvalue weighted by Crippen LogP contribution is 2.21. The van der Waals surface area contributed by atoms with Crippen LogP contribution in [0.25, 0.3) is 0 Å². The first-order valence-corrected chi connectivity index (χ1v) is 10.6. The predicted octanol–water partition coefficient (Wildman–Crippen LogP) is 4.21. The third-order valence-corrected chi connectivity index (χ3v) is 5.93. The molecule has 6 heteroatoms. The number of rotatable bonds is 6. The van der Waals surface area contributed by atoms with E-state index in [0.717, 1.165) is 36.9 Å². The summed E-state index contributed by atoms with van der Waals surface area (Å²) in [5, 5.41) is 0.700. The highest BCUT2D eigenvalue weighted by atomic mass is 35.5. The summed E-state index contributed by atoms with van der Waals surface area (Å²) in [5.41, 5.74) is 2.61. The van der Waals surface area contributed by atoms with Crippen molar-refractivity contribution in [3.8, 4) is 0 Å². The molecule has 0 radical (unpaired) electrons. The maximum absolute atomic E-state index is 13.3. The zero-order valence-electron chi connectivity index (χ0n) is 17.4. The van der Waals surface area contributed by atoms with Crippen LogP contribution in [-0.2, 0) is 24.3 Å². The molecule has 0 N–H and O–H groups in total. The standard InChI is InChI=1S/C23H29ClN2O3/c1-16-7-4-5-11-26(16)23(28)22-20(15-29-3)25(17(2)13-21(22)27)12-10-18-8-6-9-19(24)14-18/h6,8-9,13-14,16H,4-5,7,10-12,15H2,1-3H3/t16-/m0/s1. The second-order valence-corrected chi connectivity index (χ2v) is 8.22. The van der Waals surface area contributed by atoms with E-state index in [4.69, 9.17) is 16.3 Å².